The third kappa shape index (κ3) is 4.62. The van der Waals surface area contributed by atoms with Crippen molar-refractivity contribution in [2.24, 2.45) is 0 Å². The van der Waals surface area contributed by atoms with E-state index in [1.165, 1.54) is 22.8 Å². The van der Waals surface area contributed by atoms with Gasteiger partial charge < -0.3 is 15.8 Å². The molecule has 0 unspecified atom stereocenters. The van der Waals surface area contributed by atoms with Crippen LogP contribution in [0, 0.1) is 5.82 Å². The van der Waals surface area contributed by atoms with Crippen molar-refractivity contribution in [1.82, 2.24) is 19.5 Å². The van der Waals surface area contributed by atoms with Gasteiger partial charge >= 0.3 is 6.18 Å². The van der Waals surface area contributed by atoms with Crippen LogP contribution in [0.15, 0.2) is 77.7 Å². The Bertz CT molecular complexity index is 2110. The molecule has 0 saturated heterocycles. The topological polar surface area (TPSA) is 110 Å². The Hall–Kier alpha value is -5.03. The molecule has 0 atom stereocenters. The van der Waals surface area contributed by atoms with E-state index in [1.807, 2.05) is 6.07 Å². The zero-order valence-corrected chi connectivity index (χ0v) is 22.4. The number of alkyl halides is 3. The number of nitrogen functional groups attached to an aromatic ring is 1. The van der Waals surface area contributed by atoms with Crippen LogP contribution in [0.5, 0.6) is 0 Å². The first-order chi connectivity index (χ1) is 20.6. The number of benzene rings is 3. The van der Waals surface area contributed by atoms with Gasteiger partial charge in [-0.05, 0) is 71.7 Å². The normalized spacial score (nSPS) is 13.7. The molecule has 1 saturated carbocycles. The number of anilines is 1. The Morgan fingerprint density at radius 2 is 1.79 bits per heavy atom. The molecule has 3 aromatic carbocycles. The maximum atomic E-state index is 15.2. The van der Waals surface area contributed by atoms with Crippen molar-refractivity contribution >= 4 is 27.8 Å². The Labute approximate surface area is 241 Å². The van der Waals surface area contributed by atoms with E-state index in [4.69, 9.17) is 5.73 Å². The van der Waals surface area contributed by atoms with Gasteiger partial charge in [0.05, 0.1) is 28.9 Å². The Morgan fingerprint density at radius 3 is 2.49 bits per heavy atom. The van der Waals surface area contributed by atoms with Crippen molar-refractivity contribution < 1.29 is 22.7 Å². The molecule has 7 nitrogen and oxygen atoms in total. The molecule has 43 heavy (non-hydrogen) atoms. The standard InChI is InChI=1S/C32H23F4N5O2/c33-24-13-19(16-4-5-16)12-18-10-11-41(30(43)27(18)24)26-3-1-2-21(23(26)15-42)28-22-14-25(38-29(22)40-31(37)39-28)17-6-8-20(9-7-17)32(34,35)36/h1-3,6-14,16,42H,4-5,15H2,(H3,37,38,39,40). The highest BCUT2D eigenvalue weighted by molar-refractivity contribution is 5.96. The van der Waals surface area contributed by atoms with Gasteiger partial charge in [-0.25, -0.2) is 9.37 Å². The van der Waals surface area contributed by atoms with Crippen LogP contribution in [0.1, 0.15) is 35.4 Å². The van der Waals surface area contributed by atoms with Crippen LogP contribution in [0.4, 0.5) is 23.5 Å². The molecule has 3 heterocycles. The smallest absolute Gasteiger partial charge is 0.392 e. The highest BCUT2D eigenvalue weighted by Gasteiger charge is 2.30. The van der Waals surface area contributed by atoms with E-state index in [9.17, 15) is 23.1 Å². The summed E-state index contributed by atoms with van der Waals surface area (Å²) in [5.74, 6) is -0.341. The van der Waals surface area contributed by atoms with E-state index in [0.29, 0.717) is 56.1 Å². The molecule has 1 fully saturated rings. The van der Waals surface area contributed by atoms with Crippen molar-refractivity contribution in [3.8, 4) is 28.2 Å². The van der Waals surface area contributed by atoms with Gasteiger partial charge in [0.2, 0.25) is 5.95 Å². The number of aliphatic hydroxyl groups is 1. The number of halogens is 4. The Kier molecular flexibility index (Phi) is 6.10. The molecular formula is C32H23F4N5O2. The third-order valence-corrected chi connectivity index (χ3v) is 7.88. The number of pyridine rings is 1. The molecule has 216 valence electrons. The molecule has 11 heteroatoms. The number of nitrogens with two attached hydrogens (primary N) is 1. The first-order valence-electron chi connectivity index (χ1n) is 13.5. The maximum absolute atomic E-state index is 15.2. The van der Waals surface area contributed by atoms with Gasteiger partial charge in [0.1, 0.15) is 11.5 Å². The number of rotatable bonds is 5. The molecule has 1 aliphatic rings. The molecule has 0 radical (unpaired) electrons. The molecule has 6 aromatic rings. The van der Waals surface area contributed by atoms with Crippen LogP contribution in [0.3, 0.4) is 0 Å². The summed E-state index contributed by atoms with van der Waals surface area (Å²) >= 11 is 0. The Balaban J connectivity index is 1.37. The second kappa shape index (κ2) is 9.77. The quantitative estimate of drug-likeness (QED) is 0.195. The molecule has 4 N–H and O–H groups in total. The van der Waals surface area contributed by atoms with Crippen molar-refractivity contribution in [3.63, 3.8) is 0 Å². The molecule has 0 amide bonds. The lowest BCUT2D eigenvalue weighted by molar-refractivity contribution is -0.137. The fraction of sp³-hybridized carbons (Fsp3) is 0.156. The van der Waals surface area contributed by atoms with Gasteiger partial charge in [-0.15, -0.1) is 0 Å². The van der Waals surface area contributed by atoms with Gasteiger partial charge in [-0.3, -0.25) is 9.36 Å². The minimum Gasteiger partial charge on any atom is -0.392 e. The van der Waals surface area contributed by atoms with Crippen LogP contribution in [-0.2, 0) is 12.8 Å². The summed E-state index contributed by atoms with van der Waals surface area (Å²) in [5.41, 5.74) is 8.36. The predicted octanol–water partition coefficient (Wildman–Crippen LogP) is 6.71. The van der Waals surface area contributed by atoms with Gasteiger partial charge in [0.25, 0.3) is 5.56 Å². The van der Waals surface area contributed by atoms with Crippen LogP contribution in [0.25, 0.3) is 50.0 Å². The number of nitrogens with zero attached hydrogens (tertiary/aromatic N) is 3. The largest absolute Gasteiger partial charge is 0.416 e. The average Bonchev–Trinajstić information content (AvgIpc) is 3.75. The molecule has 3 aromatic heterocycles. The number of hydrogen-bond acceptors (Lipinski definition) is 5. The van der Waals surface area contributed by atoms with Gasteiger partial charge in [0.15, 0.2) is 0 Å². The average molecular weight is 586 g/mol. The second-order valence-corrected chi connectivity index (χ2v) is 10.6. The fourth-order valence-electron chi connectivity index (χ4n) is 5.61. The van der Waals surface area contributed by atoms with Crippen molar-refractivity contribution in [1.29, 1.82) is 0 Å². The number of H-pyrrole nitrogens is 1. The van der Waals surface area contributed by atoms with Gasteiger partial charge in [0, 0.05) is 28.4 Å². The van der Waals surface area contributed by atoms with E-state index < -0.39 is 29.7 Å². The zero-order chi connectivity index (χ0) is 30.0. The van der Waals surface area contributed by atoms with E-state index in [-0.39, 0.29) is 11.3 Å². The second-order valence-electron chi connectivity index (χ2n) is 10.6. The van der Waals surface area contributed by atoms with Crippen molar-refractivity contribution in [2.75, 3.05) is 5.73 Å². The molecule has 7 rings (SSSR count). The summed E-state index contributed by atoms with van der Waals surface area (Å²) in [5, 5.41) is 11.5. The van der Waals surface area contributed by atoms with Gasteiger partial charge in [-0.2, -0.15) is 18.2 Å². The summed E-state index contributed by atoms with van der Waals surface area (Å²) in [4.78, 5) is 25.4. The molecule has 1 aliphatic carbocycles. The number of aliphatic hydroxyl groups excluding tert-OH is 1. The number of aromatic nitrogens is 4. The van der Waals surface area contributed by atoms with Crippen LogP contribution in [0.2, 0.25) is 0 Å². The molecule has 0 spiro atoms. The third-order valence-electron chi connectivity index (χ3n) is 7.88. The zero-order valence-electron chi connectivity index (χ0n) is 22.4. The SMILES string of the molecule is Nc1nc(-c2cccc(-n3ccc4cc(C5CC5)cc(F)c4c3=O)c2CO)c2cc(-c3ccc(C(F)(F)F)cc3)[nH]c2n1. The summed E-state index contributed by atoms with van der Waals surface area (Å²) in [6.45, 7) is -0.485. The lowest BCUT2D eigenvalue weighted by Gasteiger charge is -2.16. The molecule has 0 bridgehead atoms. The fourth-order valence-corrected chi connectivity index (χ4v) is 5.61. The van der Waals surface area contributed by atoms with E-state index in [0.717, 1.165) is 30.5 Å². The van der Waals surface area contributed by atoms with E-state index >= 15 is 4.39 Å². The van der Waals surface area contributed by atoms with Crippen LogP contribution in [-0.4, -0.2) is 24.6 Å². The first kappa shape index (κ1) is 26.8. The van der Waals surface area contributed by atoms with E-state index in [1.54, 1.807) is 36.5 Å². The number of aromatic amines is 1. The summed E-state index contributed by atoms with van der Waals surface area (Å²) in [6.07, 6.45) is -0.900. The lowest BCUT2D eigenvalue weighted by atomic mass is 9.99. The lowest BCUT2D eigenvalue weighted by Crippen LogP contribution is -2.20. The highest BCUT2D eigenvalue weighted by atomic mass is 19.4. The molecule has 0 aliphatic heterocycles. The number of hydrogen-bond donors (Lipinski definition) is 3. The van der Waals surface area contributed by atoms with Gasteiger partial charge in [-0.1, -0.05) is 30.3 Å². The van der Waals surface area contributed by atoms with Crippen molar-refractivity contribution in [2.45, 2.75) is 31.5 Å². The predicted molar refractivity (Wildman–Crippen MR) is 155 cm³/mol. The maximum Gasteiger partial charge on any atom is 0.416 e. The summed E-state index contributed by atoms with van der Waals surface area (Å²) in [7, 11) is 0. The van der Waals surface area contributed by atoms with Crippen LogP contribution < -0.4 is 11.3 Å². The van der Waals surface area contributed by atoms with Crippen LogP contribution >= 0.6 is 0 Å². The Morgan fingerprint density at radius 1 is 1.02 bits per heavy atom. The monoisotopic (exact) mass is 585 g/mol. The van der Waals surface area contributed by atoms with Crippen molar-refractivity contribution in [3.05, 3.63) is 106 Å². The summed E-state index contributed by atoms with van der Waals surface area (Å²) in [6, 6.07) is 16.4. The molecular weight excluding hydrogens is 562 g/mol. The number of fused-ring (bicyclic) bond motifs is 2. The number of nitrogens with one attached hydrogen (secondary N) is 1. The minimum absolute atomic E-state index is 0.0401. The van der Waals surface area contributed by atoms with E-state index in [2.05, 4.69) is 15.0 Å². The minimum atomic E-state index is -4.46. The highest BCUT2D eigenvalue weighted by Crippen LogP contribution is 2.41. The summed E-state index contributed by atoms with van der Waals surface area (Å²) < 4.78 is 55.7. The first-order valence-corrected chi connectivity index (χ1v) is 13.5.